The van der Waals surface area contributed by atoms with E-state index in [1.807, 2.05) is 4.90 Å². The largest absolute Gasteiger partial charge is 0.481 e. The van der Waals surface area contributed by atoms with Gasteiger partial charge in [-0.25, -0.2) is 4.79 Å². The second-order valence-electron chi connectivity index (χ2n) is 4.62. The summed E-state index contributed by atoms with van der Waals surface area (Å²) in [4.78, 5) is 24.0. The van der Waals surface area contributed by atoms with Crippen molar-refractivity contribution in [2.75, 3.05) is 13.1 Å². The van der Waals surface area contributed by atoms with Crippen LogP contribution in [0.1, 0.15) is 45.4 Å². The lowest BCUT2D eigenvalue weighted by Crippen LogP contribution is -2.47. The first-order valence-corrected chi connectivity index (χ1v) is 6.37. The van der Waals surface area contributed by atoms with Crippen LogP contribution in [0.15, 0.2) is 0 Å². The van der Waals surface area contributed by atoms with E-state index in [9.17, 15) is 9.59 Å². The van der Waals surface area contributed by atoms with Crippen molar-refractivity contribution in [3.8, 4) is 0 Å². The number of hydrogen-bond acceptors (Lipinski definition) is 2. The second-order valence-corrected chi connectivity index (χ2v) is 4.62. The Hall–Kier alpha value is -1.26. The fourth-order valence-corrected chi connectivity index (χ4v) is 2.10. The van der Waals surface area contributed by atoms with Gasteiger partial charge in [0.15, 0.2) is 0 Å². The standard InChI is InChI=1S/C12H22N2O3/c1-10-6-3-5-9-14(10)12(17)13-8-4-2-7-11(15)16/h10H,2-9H2,1H3,(H,13,17)(H,15,16). The van der Waals surface area contributed by atoms with Crippen molar-refractivity contribution in [2.24, 2.45) is 0 Å². The molecule has 0 aromatic rings. The zero-order valence-electron chi connectivity index (χ0n) is 10.4. The van der Waals surface area contributed by atoms with Crippen molar-refractivity contribution >= 4 is 12.0 Å². The number of carboxylic acids is 1. The van der Waals surface area contributed by atoms with E-state index < -0.39 is 5.97 Å². The van der Waals surface area contributed by atoms with E-state index in [1.54, 1.807) is 0 Å². The lowest BCUT2D eigenvalue weighted by molar-refractivity contribution is -0.137. The van der Waals surface area contributed by atoms with Crippen LogP contribution >= 0.6 is 0 Å². The van der Waals surface area contributed by atoms with Crippen LogP contribution in [0.4, 0.5) is 4.79 Å². The van der Waals surface area contributed by atoms with Gasteiger partial charge in [0.25, 0.3) is 0 Å². The molecule has 1 aliphatic rings. The molecule has 1 aliphatic heterocycles. The van der Waals surface area contributed by atoms with Gasteiger partial charge in [0.2, 0.25) is 0 Å². The van der Waals surface area contributed by atoms with Crippen LogP contribution in [0.3, 0.4) is 0 Å². The highest BCUT2D eigenvalue weighted by Crippen LogP contribution is 2.15. The van der Waals surface area contributed by atoms with Gasteiger partial charge in [0.05, 0.1) is 0 Å². The molecule has 0 aromatic heterocycles. The highest BCUT2D eigenvalue weighted by atomic mass is 16.4. The first-order chi connectivity index (χ1) is 8.11. The normalized spacial score (nSPS) is 20.1. The number of amides is 2. The third-order valence-corrected chi connectivity index (χ3v) is 3.16. The maximum Gasteiger partial charge on any atom is 0.317 e. The smallest absolute Gasteiger partial charge is 0.317 e. The molecule has 1 heterocycles. The minimum Gasteiger partial charge on any atom is -0.481 e. The molecule has 2 N–H and O–H groups in total. The molecule has 0 radical (unpaired) electrons. The lowest BCUT2D eigenvalue weighted by Gasteiger charge is -2.33. The van der Waals surface area contributed by atoms with E-state index in [-0.39, 0.29) is 12.5 Å². The Bertz CT molecular complexity index is 268. The molecule has 5 heteroatoms. The predicted molar refractivity (Wildman–Crippen MR) is 64.9 cm³/mol. The summed E-state index contributed by atoms with van der Waals surface area (Å²) in [6.45, 7) is 3.47. The number of piperidine rings is 1. The van der Waals surface area contributed by atoms with E-state index >= 15 is 0 Å². The number of carbonyl (C=O) groups excluding carboxylic acids is 1. The Morgan fingerprint density at radius 3 is 2.76 bits per heavy atom. The minimum atomic E-state index is -0.777. The van der Waals surface area contributed by atoms with Gasteiger partial charge in [-0.05, 0) is 39.0 Å². The maximum absolute atomic E-state index is 11.8. The minimum absolute atomic E-state index is 0.00692. The summed E-state index contributed by atoms with van der Waals surface area (Å²) in [6, 6.07) is 0.315. The average Bonchev–Trinajstić information content (AvgIpc) is 2.28. The van der Waals surface area contributed by atoms with Crippen molar-refractivity contribution in [1.29, 1.82) is 0 Å². The Morgan fingerprint density at radius 1 is 1.35 bits per heavy atom. The third-order valence-electron chi connectivity index (χ3n) is 3.16. The van der Waals surface area contributed by atoms with Gasteiger partial charge >= 0.3 is 12.0 Å². The summed E-state index contributed by atoms with van der Waals surface area (Å²) >= 11 is 0. The molecule has 17 heavy (non-hydrogen) atoms. The van der Waals surface area contributed by atoms with E-state index in [4.69, 9.17) is 5.11 Å². The van der Waals surface area contributed by atoms with Gasteiger partial charge in [-0.2, -0.15) is 0 Å². The number of nitrogens with one attached hydrogen (secondary N) is 1. The number of carboxylic acid groups (broad SMARTS) is 1. The molecule has 1 fully saturated rings. The van der Waals surface area contributed by atoms with Crippen molar-refractivity contribution in [3.05, 3.63) is 0 Å². The van der Waals surface area contributed by atoms with E-state index in [0.717, 1.165) is 25.8 Å². The SMILES string of the molecule is CC1CCCCN1C(=O)NCCCCC(=O)O. The number of nitrogens with zero attached hydrogens (tertiary/aromatic N) is 1. The molecular formula is C12H22N2O3. The van der Waals surface area contributed by atoms with Crippen LogP contribution in [-0.2, 0) is 4.79 Å². The van der Waals surface area contributed by atoms with E-state index in [1.165, 1.54) is 6.42 Å². The van der Waals surface area contributed by atoms with Crippen LogP contribution in [0.5, 0.6) is 0 Å². The number of carbonyl (C=O) groups is 2. The number of likely N-dealkylation sites (tertiary alicyclic amines) is 1. The first kappa shape index (κ1) is 13.8. The fraction of sp³-hybridized carbons (Fsp3) is 0.833. The summed E-state index contributed by atoms with van der Waals surface area (Å²) in [6.07, 6.45) is 4.87. The molecule has 0 aliphatic carbocycles. The number of hydrogen-bond donors (Lipinski definition) is 2. The molecule has 0 saturated carbocycles. The van der Waals surface area contributed by atoms with Crippen molar-refractivity contribution in [1.82, 2.24) is 10.2 Å². The monoisotopic (exact) mass is 242 g/mol. The molecule has 98 valence electrons. The Morgan fingerprint density at radius 2 is 2.12 bits per heavy atom. The van der Waals surface area contributed by atoms with Gasteiger partial charge in [0.1, 0.15) is 0 Å². The zero-order valence-corrected chi connectivity index (χ0v) is 10.4. The van der Waals surface area contributed by atoms with Gasteiger partial charge in [-0.3, -0.25) is 4.79 Å². The van der Waals surface area contributed by atoms with Crippen LogP contribution in [0.2, 0.25) is 0 Å². The Kier molecular flexibility index (Phi) is 5.80. The lowest BCUT2D eigenvalue weighted by atomic mass is 10.0. The van der Waals surface area contributed by atoms with Crippen LogP contribution in [0.25, 0.3) is 0 Å². The molecule has 1 rings (SSSR count). The van der Waals surface area contributed by atoms with Crippen molar-refractivity contribution < 1.29 is 14.7 Å². The van der Waals surface area contributed by atoms with Crippen molar-refractivity contribution in [3.63, 3.8) is 0 Å². The predicted octanol–water partition coefficient (Wildman–Crippen LogP) is 1.83. The van der Waals surface area contributed by atoms with Gasteiger partial charge in [0, 0.05) is 25.6 Å². The van der Waals surface area contributed by atoms with Crippen LogP contribution in [0, 0.1) is 0 Å². The quantitative estimate of drug-likeness (QED) is 0.722. The van der Waals surface area contributed by atoms with Crippen LogP contribution < -0.4 is 5.32 Å². The number of rotatable bonds is 5. The highest BCUT2D eigenvalue weighted by Gasteiger charge is 2.22. The van der Waals surface area contributed by atoms with Gasteiger partial charge in [-0.1, -0.05) is 0 Å². The van der Waals surface area contributed by atoms with Gasteiger partial charge < -0.3 is 15.3 Å². The third kappa shape index (κ3) is 5.06. The van der Waals surface area contributed by atoms with Gasteiger partial charge in [-0.15, -0.1) is 0 Å². The molecule has 1 unspecified atom stereocenters. The Labute approximate surface area is 102 Å². The van der Waals surface area contributed by atoms with E-state index in [0.29, 0.717) is 19.0 Å². The summed E-state index contributed by atoms with van der Waals surface area (Å²) in [5, 5.41) is 11.3. The Balaban J connectivity index is 2.13. The molecule has 2 amide bonds. The molecule has 0 spiro atoms. The fourth-order valence-electron chi connectivity index (χ4n) is 2.10. The topological polar surface area (TPSA) is 69.6 Å². The molecular weight excluding hydrogens is 220 g/mol. The molecule has 1 saturated heterocycles. The van der Waals surface area contributed by atoms with Crippen LogP contribution in [-0.4, -0.2) is 41.1 Å². The number of unbranched alkanes of at least 4 members (excludes halogenated alkanes) is 1. The zero-order chi connectivity index (χ0) is 12.7. The molecule has 1 atom stereocenters. The number of aliphatic carboxylic acids is 1. The molecule has 0 bridgehead atoms. The summed E-state index contributed by atoms with van der Waals surface area (Å²) in [5.74, 6) is -0.777. The highest BCUT2D eigenvalue weighted by molar-refractivity contribution is 5.74. The van der Waals surface area contributed by atoms with Crippen molar-refractivity contribution in [2.45, 2.75) is 51.5 Å². The summed E-state index contributed by atoms with van der Waals surface area (Å²) in [5.41, 5.74) is 0. The molecule has 0 aromatic carbocycles. The summed E-state index contributed by atoms with van der Waals surface area (Å²) in [7, 11) is 0. The number of urea groups is 1. The average molecular weight is 242 g/mol. The van der Waals surface area contributed by atoms with E-state index in [2.05, 4.69) is 12.2 Å². The second kappa shape index (κ2) is 7.14. The molecule has 5 nitrogen and oxygen atoms in total. The maximum atomic E-state index is 11.8. The summed E-state index contributed by atoms with van der Waals surface area (Å²) < 4.78 is 0. The first-order valence-electron chi connectivity index (χ1n) is 6.37.